The zero-order valence-electron chi connectivity index (χ0n) is 14.9. The number of nitrogens with zero attached hydrogens (tertiary/aromatic N) is 3. The minimum absolute atomic E-state index is 1.10. The van der Waals surface area contributed by atoms with E-state index in [9.17, 15) is 0 Å². The van der Waals surface area contributed by atoms with Crippen molar-refractivity contribution in [2.75, 3.05) is 0 Å². The molecule has 0 atom stereocenters. The quantitative estimate of drug-likeness (QED) is 0.372. The molecule has 0 radical (unpaired) electrons. The lowest BCUT2D eigenvalue weighted by Crippen LogP contribution is -2.31. The van der Waals surface area contributed by atoms with Gasteiger partial charge >= 0.3 is 0 Å². The number of hydrogen-bond acceptors (Lipinski definition) is 0. The van der Waals surface area contributed by atoms with Crippen LogP contribution in [0.5, 0.6) is 0 Å². The molecule has 0 saturated heterocycles. The lowest BCUT2D eigenvalue weighted by atomic mass is 10.1. The normalized spacial score (nSPS) is 11.2. The van der Waals surface area contributed by atoms with Gasteiger partial charge in [0.25, 0.3) is 0 Å². The van der Waals surface area contributed by atoms with E-state index in [1.165, 1.54) is 64.3 Å². The molecule has 128 valence electrons. The smallest absolute Gasteiger partial charge is 0.243 e. The predicted octanol–water partition coefficient (Wildman–Crippen LogP) is 4.81. The summed E-state index contributed by atoms with van der Waals surface area (Å²) in [4.78, 5) is 0. The lowest BCUT2D eigenvalue weighted by molar-refractivity contribution is -0.697. The fourth-order valence-electron chi connectivity index (χ4n) is 3.09. The molecule has 2 rings (SSSR count). The first-order chi connectivity index (χ1) is 11.4. The van der Waals surface area contributed by atoms with Crippen molar-refractivity contribution in [1.82, 2.24) is 9.13 Å². The van der Waals surface area contributed by atoms with Gasteiger partial charge in [-0.1, -0.05) is 45.4 Å². The van der Waals surface area contributed by atoms with Crippen LogP contribution in [0.2, 0.25) is 0 Å². The molecule has 2 aromatic rings. The van der Waals surface area contributed by atoms with E-state index in [4.69, 9.17) is 0 Å². The second-order valence-corrected chi connectivity index (χ2v) is 6.64. The molecule has 0 unspecified atom stereocenters. The average Bonchev–Trinajstić information content (AvgIpc) is 3.22. The van der Waals surface area contributed by atoms with Crippen LogP contribution in [0.3, 0.4) is 0 Å². The number of imidazole rings is 1. The fraction of sp³-hybridized carbons (Fsp3) is 0.650. The summed E-state index contributed by atoms with van der Waals surface area (Å²) in [5, 5.41) is 0. The Labute approximate surface area is 142 Å². The van der Waals surface area contributed by atoms with E-state index >= 15 is 0 Å². The maximum Gasteiger partial charge on any atom is 0.243 e. The molecule has 3 heteroatoms. The minimum atomic E-state index is 1.10. The molecule has 0 N–H and O–H groups in total. The number of aromatic nitrogens is 3. The third-order valence-corrected chi connectivity index (χ3v) is 4.51. The summed E-state index contributed by atoms with van der Waals surface area (Å²) in [7, 11) is 0. The van der Waals surface area contributed by atoms with Gasteiger partial charge in [-0.25, -0.2) is 9.13 Å². The second kappa shape index (κ2) is 11.1. The van der Waals surface area contributed by atoms with Crippen LogP contribution in [0.4, 0.5) is 0 Å². The highest BCUT2D eigenvalue weighted by molar-refractivity contribution is 4.89. The molecule has 0 aromatic carbocycles. The summed E-state index contributed by atoms with van der Waals surface area (Å²) in [6, 6.07) is 4.18. The molecular formula is C20H34N3+. The van der Waals surface area contributed by atoms with Gasteiger partial charge < -0.3 is 4.57 Å². The third kappa shape index (κ3) is 7.54. The van der Waals surface area contributed by atoms with Gasteiger partial charge in [0.1, 0.15) is 12.4 Å². The zero-order chi connectivity index (χ0) is 16.2. The summed E-state index contributed by atoms with van der Waals surface area (Å²) in [5.74, 6) is 0. The molecule has 0 spiro atoms. The third-order valence-electron chi connectivity index (χ3n) is 4.51. The molecule has 0 saturated carbocycles. The molecule has 23 heavy (non-hydrogen) atoms. The Bertz CT molecular complexity index is 499. The maximum absolute atomic E-state index is 2.34. The summed E-state index contributed by atoms with van der Waals surface area (Å²) in [6.45, 7) is 5.65. The minimum Gasteiger partial charge on any atom is -0.354 e. The molecular weight excluding hydrogens is 282 g/mol. The Hall–Kier alpha value is -1.51. The Morgan fingerprint density at radius 2 is 1.35 bits per heavy atom. The average molecular weight is 317 g/mol. The van der Waals surface area contributed by atoms with Crippen molar-refractivity contribution < 1.29 is 4.57 Å². The molecule has 0 aliphatic rings. The van der Waals surface area contributed by atoms with E-state index in [0.29, 0.717) is 0 Å². The van der Waals surface area contributed by atoms with Crippen LogP contribution >= 0.6 is 0 Å². The highest BCUT2D eigenvalue weighted by Crippen LogP contribution is 2.08. The van der Waals surface area contributed by atoms with Crippen molar-refractivity contribution in [2.24, 2.45) is 0 Å². The van der Waals surface area contributed by atoms with Crippen LogP contribution in [-0.2, 0) is 19.6 Å². The van der Waals surface area contributed by atoms with Crippen LogP contribution < -0.4 is 4.57 Å². The number of hydrogen-bond donors (Lipinski definition) is 0. The number of aryl methyl sites for hydroxylation is 3. The van der Waals surface area contributed by atoms with Crippen molar-refractivity contribution in [3.05, 3.63) is 43.2 Å². The summed E-state index contributed by atoms with van der Waals surface area (Å²) >= 11 is 0. The number of rotatable bonds is 13. The van der Waals surface area contributed by atoms with Crippen molar-refractivity contribution in [3.63, 3.8) is 0 Å². The standard InChI is InChI=1S/C20H34N3/c1-2-3-4-5-6-7-8-9-15-22-18-19-23(20-22)17-12-16-21-13-10-11-14-21/h10-11,13-14,18-20H,2-9,12,15-17H2,1H3/q+1. The van der Waals surface area contributed by atoms with Crippen molar-refractivity contribution in [1.29, 1.82) is 0 Å². The van der Waals surface area contributed by atoms with Gasteiger partial charge in [0.05, 0.1) is 13.1 Å². The molecule has 0 bridgehead atoms. The number of unbranched alkanes of at least 4 members (excludes halogenated alkanes) is 7. The highest BCUT2D eigenvalue weighted by atomic mass is 15.1. The van der Waals surface area contributed by atoms with E-state index in [1.807, 2.05) is 0 Å². The van der Waals surface area contributed by atoms with E-state index in [2.05, 4.69) is 63.9 Å². The van der Waals surface area contributed by atoms with E-state index in [1.54, 1.807) is 0 Å². The highest BCUT2D eigenvalue weighted by Gasteiger charge is 2.03. The first-order valence-electron chi connectivity index (χ1n) is 9.54. The SMILES string of the molecule is CCCCCCCCCCn1cc[n+](CCCn2cccc2)c1. The molecule has 2 heterocycles. The molecule has 0 amide bonds. The molecule has 0 aliphatic carbocycles. The molecule has 0 aliphatic heterocycles. The van der Waals surface area contributed by atoms with Gasteiger partial charge in [-0.15, -0.1) is 0 Å². The Kier molecular flexibility index (Phi) is 8.60. The van der Waals surface area contributed by atoms with Crippen molar-refractivity contribution >= 4 is 0 Å². The topological polar surface area (TPSA) is 13.7 Å². The first-order valence-corrected chi connectivity index (χ1v) is 9.54. The molecule has 2 aromatic heterocycles. The predicted molar refractivity (Wildman–Crippen MR) is 96.3 cm³/mol. The van der Waals surface area contributed by atoms with Crippen LogP contribution in [0.25, 0.3) is 0 Å². The zero-order valence-corrected chi connectivity index (χ0v) is 14.9. The maximum atomic E-state index is 2.34. The largest absolute Gasteiger partial charge is 0.354 e. The molecule has 3 nitrogen and oxygen atoms in total. The molecule has 0 fully saturated rings. The van der Waals surface area contributed by atoms with Gasteiger partial charge in [-0.3, -0.25) is 0 Å². The Balaban J connectivity index is 1.50. The summed E-state index contributed by atoms with van der Waals surface area (Å²) < 4.78 is 6.90. The van der Waals surface area contributed by atoms with Gasteiger partial charge in [0, 0.05) is 25.4 Å². The van der Waals surface area contributed by atoms with Gasteiger partial charge in [0.15, 0.2) is 0 Å². The lowest BCUT2D eigenvalue weighted by Gasteiger charge is -2.01. The summed E-state index contributed by atoms with van der Waals surface area (Å²) in [5.41, 5.74) is 0. The summed E-state index contributed by atoms with van der Waals surface area (Å²) in [6.07, 6.45) is 23.3. The fourth-order valence-corrected chi connectivity index (χ4v) is 3.09. The Morgan fingerprint density at radius 3 is 2.09 bits per heavy atom. The van der Waals surface area contributed by atoms with Gasteiger partial charge in [-0.2, -0.15) is 0 Å². The van der Waals surface area contributed by atoms with E-state index in [0.717, 1.165) is 13.1 Å². The van der Waals surface area contributed by atoms with Crippen LogP contribution in [-0.4, -0.2) is 9.13 Å². The van der Waals surface area contributed by atoms with Gasteiger partial charge in [-0.05, 0) is 25.0 Å². The first kappa shape index (κ1) is 17.8. The second-order valence-electron chi connectivity index (χ2n) is 6.64. The van der Waals surface area contributed by atoms with Gasteiger partial charge in [0.2, 0.25) is 6.33 Å². The van der Waals surface area contributed by atoms with Crippen molar-refractivity contribution in [3.8, 4) is 0 Å². The van der Waals surface area contributed by atoms with E-state index < -0.39 is 0 Å². The Morgan fingerprint density at radius 1 is 0.696 bits per heavy atom. The monoisotopic (exact) mass is 316 g/mol. The van der Waals surface area contributed by atoms with Crippen LogP contribution in [0.15, 0.2) is 43.2 Å². The van der Waals surface area contributed by atoms with Crippen LogP contribution in [0, 0.1) is 0 Å². The van der Waals surface area contributed by atoms with Crippen molar-refractivity contribution in [2.45, 2.75) is 84.3 Å². The van der Waals surface area contributed by atoms with Crippen LogP contribution in [0.1, 0.15) is 64.7 Å². The van der Waals surface area contributed by atoms with E-state index in [-0.39, 0.29) is 0 Å².